The quantitative estimate of drug-likeness (QED) is 0.653. The molecule has 0 aromatic heterocycles. The number of carbonyl (C=O) groups excluding carboxylic acids is 1. The molecule has 3 nitrogen and oxygen atoms in total. The van der Waals surface area contributed by atoms with Crippen molar-refractivity contribution in [1.82, 2.24) is 5.32 Å². The lowest BCUT2D eigenvalue weighted by Gasteiger charge is -2.03. The van der Waals surface area contributed by atoms with Gasteiger partial charge >= 0.3 is 0 Å². The molecule has 2 aromatic carbocycles. The highest BCUT2D eigenvalue weighted by molar-refractivity contribution is 6.04. The molecule has 0 saturated carbocycles. The van der Waals surface area contributed by atoms with Gasteiger partial charge in [0.25, 0.3) is 0 Å². The highest BCUT2D eigenvalue weighted by Crippen LogP contribution is 2.11. The van der Waals surface area contributed by atoms with E-state index < -0.39 is 0 Å². The van der Waals surface area contributed by atoms with Crippen molar-refractivity contribution < 1.29 is 13.9 Å². The summed E-state index contributed by atoms with van der Waals surface area (Å²) >= 11 is 0. The van der Waals surface area contributed by atoms with Gasteiger partial charge < -0.3 is 10.1 Å². The summed E-state index contributed by atoms with van der Waals surface area (Å²) in [7, 11) is 1.62. The Morgan fingerprint density at radius 3 is 2.43 bits per heavy atom. The molecule has 0 aliphatic heterocycles. The van der Waals surface area contributed by atoms with Crippen molar-refractivity contribution in [3.05, 3.63) is 77.8 Å². The highest BCUT2D eigenvalue weighted by atomic mass is 19.1. The number of carbonyl (C=O) groups is 1. The zero-order valence-corrected chi connectivity index (χ0v) is 11.7. The van der Waals surface area contributed by atoms with Crippen molar-refractivity contribution in [2.75, 3.05) is 7.11 Å². The standard InChI is InChI=1S/C17H16FNO2/c1-21-16-8-2-13(3-9-16)12-19-11-10-17(20)14-4-6-15(18)7-5-14/h2-11,19H,12H2,1H3. The minimum absolute atomic E-state index is 0.169. The molecule has 4 heteroatoms. The molecule has 0 saturated heterocycles. The summed E-state index contributed by atoms with van der Waals surface area (Å²) in [5.41, 5.74) is 1.54. The van der Waals surface area contributed by atoms with E-state index >= 15 is 0 Å². The fourth-order valence-electron chi connectivity index (χ4n) is 1.77. The second-order valence-corrected chi connectivity index (χ2v) is 4.43. The van der Waals surface area contributed by atoms with Crippen LogP contribution < -0.4 is 10.1 Å². The summed E-state index contributed by atoms with van der Waals surface area (Å²) in [6.07, 6.45) is 3.02. The van der Waals surface area contributed by atoms with E-state index in [2.05, 4.69) is 5.32 Å². The molecular weight excluding hydrogens is 269 g/mol. The first kappa shape index (κ1) is 14.8. The molecule has 2 aromatic rings. The number of halogens is 1. The van der Waals surface area contributed by atoms with Gasteiger partial charge in [0, 0.05) is 24.4 Å². The first-order valence-corrected chi connectivity index (χ1v) is 6.52. The van der Waals surface area contributed by atoms with Crippen LogP contribution in [0.2, 0.25) is 0 Å². The second kappa shape index (κ2) is 7.24. The van der Waals surface area contributed by atoms with Crippen LogP contribution in [0, 0.1) is 5.82 Å². The van der Waals surface area contributed by atoms with Gasteiger partial charge in [-0.15, -0.1) is 0 Å². The first-order chi connectivity index (χ1) is 10.2. The molecular formula is C17H16FNO2. The van der Waals surface area contributed by atoms with Crippen LogP contribution in [0.25, 0.3) is 0 Å². The molecule has 0 aliphatic rings. The Bertz CT molecular complexity index is 618. The maximum absolute atomic E-state index is 12.7. The molecule has 2 rings (SSSR count). The van der Waals surface area contributed by atoms with E-state index in [1.165, 1.54) is 30.3 Å². The normalized spacial score (nSPS) is 10.6. The number of allylic oxidation sites excluding steroid dienone is 1. The van der Waals surface area contributed by atoms with Crippen molar-refractivity contribution >= 4 is 5.78 Å². The smallest absolute Gasteiger partial charge is 0.187 e. The molecule has 21 heavy (non-hydrogen) atoms. The fraction of sp³-hybridized carbons (Fsp3) is 0.118. The van der Waals surface area contributed by atoms with Gasteiger partial charge in [-0.25, -0.2) is 4.39 Å². The number of ketones is 1. The minimum atomic E-state index is -0.354. The Morgan fingerprint density at radius 2 is 1.81 bits per heavy atom. The Morgan fingerprint density at radius 1 is 1.14 bits per heavy atom. The van der Waals surface area contributed by atoms with Crippen LogP contribution in [-0.2, 0) is 6.54 Å². The third kappa shape index (κ3) is 4.45. The number of nitrogens with one attached hydrogen (secondary N) is 1. The van der Waals surface area contributed by atoms with E-state index in [1.54, 1.807) is 13.3 Å². The topological polar surface area (TPSA) is 38.3 Å². The van der Waals surface area contributed by atoms with Gasteiger partial charge in [-0.05, 0) is 42.0 Å². The summed E-state index contributed by atoms with van der Waals surface area (Å²) < 4.78 is 17.8. The molecule has 0 radical (unpaired) electrons. The van der Waals surface area contributed by atoms with Gasteiger partial charge in [0.1, 0.15) is 11.6 Å². The number of hydrogen-bond acceptors (Lipinski definition) is 3. The third-order valence-electron chi connectivity index (χ3n) is 2.95. The van der Waals surface area contributed by atoms with Crippen LogP contribution in [0.3, 0.4) is 0 Å². The van der Waals surface area contributed by atoms with E-state index in [0.717, 1.165) is 11.3 Å². The lowest BCUT2D eigenvalue weighted by Crippen LogP contribution is -2.06. The van der Waals surface area contributed by atoms with Crippen LogP contribution in [0.15, 0.2) is 60.8 Å². The summed E-state index contributed by atoms with van der Waals surface area (Å²) in [5.74, 6) is 0.283. The molecule has 0 amide bonds. The Hall–Kier alpha value is -2.62. The van der Waals surface area contributed by atoms with Gasteiger partial charge in [0.2, 0.25) is 0 Å². The van der Waals surface area contributed by atoms with E-state index in [4.69, 9.17) is 4.74 Å². The lowest BCUT2D eigenvalue weighted by molar-refractivity contribution is 0.104. The predicted molar refractivity (Wildman–Crippen MR) is 79.7 cm³/mol. The van der Waals surface area contributed by atoms with Crippen molar-refractivity contribution in [2.24, 2.45) is 0 Å². The van der Waals surface area contributed by atoms with E-state index in [1.807, 2.05) is 24.3 Å². The molecule has 0 heterocycles. The first-order valence-electron chi connectivity index (χ1n) is 6.52. The maximum Gasteiger partial charge on any atom is 0.187 e. The zero-order chi connectivity index (χ0) is 15.1. The molecule has 0 aliphatic carbocycles. The average Bonchev–Trinajstić information content (AvgIpc) is 2.52. The SMILES string of the molecule is COc1ccc(CNC=CC(=O)c2ccc(F)cc2)cc1. The second-order valence-electron chi connectivity index (χ2n) is 4.43. The van der Waals surface area contributed by atoms with Crippen molar-refractivity contribution in [3.63, 3.8) is 0 Å². The monoisotopic (exact) mass is 285 g/mol. The molecule has 0 fully saturated rings. The summed E-state index contributed by atoms with van der Waals surface area (Å²) in [5, 5.41) is 3.03. The van der Waals surface area contributed by atoms with Gasteiger partial charge in [-0.2, -0.15) is 0 Å². The van der Waals surface area contributed by atoms with Crippen molar-refractivity contribution in [3.8, 4) is 5.75 Å². The number of rotatable bonds is 6. The average molecular weight is 285 g/mol. The largest absolute Gasteiger partial charge is 0.497 e. The number of benzene rings is 2. The molecule has 0 unspecified atom stereocenters. The third-order valence-corrected chi connectivity index (χ3v) is 2.95. The number of hydrogen-bond donors (Lipinski definition) is 1. The van der Waals surface area contributed by atoms with Crippen LogP contribution in [0.5, 0.6) is 5.75 Å². The summed E-state index contributed by atoms with van der Waals surface area (Å²) in [4.78, 5) is 11.8. The number of methoxy groups -OCH3 is 1. The van der Waals surface area contributed by atoms with Gasteiger partial charge in [0.05, 0.1) is 7.11 Å². The van der Waals surface area contributed by atoms with Gasteiger partial charge in [-0.3, -0.25) is 4.79 Å². The molecule has 0 spiro atoms. The van der Waals surface area contributed by atoms with Gasteiger partial charge in [-0.1, -0.05) is 12.1 Å². The Balaban J connectivity index is 1.84. The maximum atomic E-state index is 12.7. The van der Waals surface area contributed by atoms with Crippen molar-refractivity contribution in [1.29, 1.82) is 0 Å². The number of ether oxygens (including phenoxy) is 1. The fourth-order valence-corrected chi connectivity index (χ4v) is 1.77. The molecule has 0 atom stereocenters. The summed E-state index contributed by atoms with van der Waals surface area (Å²) in [6.45, 7) is 0.608. The summed E-state index contributed by atoms with van der Waals surface area (Å²) in [6, 6.07) is 13.1. The van der Waals surface area contributed by atoms with Crippen LogP contribution >= 0.6 is 0 Å². The molecule has 108 valence electrons. The van der Waals surface area contributed by atoms with Gasteiger partial charge in [0.15, 0.2) is 5.78 Å². The lowest BCUT2D eigenvalue weighted by atomic mass is 10.1. The molecule has 1 N–H and O–H groups in total. The zero-order valence-electron chi connectivity index (χ0n) is 11.7. The minimum Gasteiger partial charge on any atom is -0.497 e. The Kier molecular flexibility index (Phi) is 5.10. The predicted octanol–water partition coefficient (Wildman–Crippen LogP) is 3.32. The van der Waals surface area contributed by atoms with Crippen molar-refractivity contribution in [2.45, 2.75) is 6.54 Å². The Labute approximate surface area is 123 Å². The van der Waals surface area contributed by atoms with E-state index in [0.29, 0.717) is 12.1 Å². The van der Waals surface area contributed by atoms with E-state index in [-0.39, 0.29) is 11.6 Å². The highest BCUT2D eigenvalue weighted by Gasteiger charge is 2.01. The van der Waals surface area contributed by atoms with Crippen LogP contribution in [0.4, 0.5) is 4.39 Å². The van der Waals surface area contributed by atoms with Crippen LogP contribution in [-0.4, -0.2) is 12.9 Å². The van der Waals surface area contributed by atoms with E-state index in [9.17, 15) is 9.18 Å². The molecule has 0 bridgehead atoms. The van der Waals surface area contributed by atoms with Crippen LogP contribution in [0.1, 0.15) is 15.9 Å².